The Kier molecular flexibility index (Phi) is 10.0. The third kappa shape index (κ3) is 8.25. The van der Waals surface area contributed by atoms with Crippen molar-refractivity contribution in [2.24, 2.45) is 5.92 Å². The standard InChI is InChI=1S/C33H39ClF2N2O7/c1-32(2,3)44-30(41)37-17-21-16-22(26(29(39)40)25(18-37)38(21)31(42)45-33(4,5)6)20-11-9-19(10-12-20)8-7-15-43-28-24(36)14-13-23(35)27(28)34/h9-14,16,21,25-26H,7-8,15,17-18H2,1-6H3,(H,39,40). The molecule has 244 valence electrons. The summed E-state index contributed by atoms with van der Waals surface area (Å²) in [4.78, 5) is 42.0. The average Bonchev–Trinajstić information content (AvgIpc) is 2.92. The Morgan fingerprint density at radius 2 is 1.51 bits per heavy atom. The average molecular weight is 649 g/mol. The molecule has 0 radical (unpaired) electrons. The molecule has 2 amide bonds. The first-order valence-corrected chi connectivity index (χ1v) is 15.1. The first kappa shape index (κ1) is 34.0. The van der Waals surface area contributed by atoms with E-state index in [0.717, 1.165) is 17.7 Å². The maximum Gasteiger partial charge on any atom is 0.411 e. The van der Waals surface area contributed by atoms with Crippen LogP contribution in [0.5, 0.6) is 5.75 Å². The van der Waals surface area contributed by atoms with E-state index in [2.05, 4.69) is 0 Å². The minimum atomic E-state index is -1.15. The Hall–Kier alpha value is -3.86. The van der Waals surface area contributed by atoms with E-state index in [1.165, 1.54) is 9.80 Å². The number of amides is 2. The quantitative estimate of drug-likeness (QED) is 0.256. The molecule has 2 aliphatic heterocycles. The predicted octanol–water partition coefficient (Wildman–Crippen LogP) is 6.95. The van der Waals surface area contributed by atoms with Gasteiger partial charge in [-0.05, 0) is 83.2 Å². The highest BCUT2D eigenvalue weighted by Gasteiger charge is 2.51. The number of benzene rings is 2. The molecule has 1 saturated heterocycles. The zero-order chi connectivity index (χ0) is 33.3. The summed E-state index contributed by atoms with van der Waals surface area (Å²) in [6.07, 6.45) is 1.52. The molecule has 3 atom stereocenters. The van der Waals surface area contributed by atoms with Gasteiger partial charge in [0.1, 0.15) is 28.0 Å². The number of aryl methyl sites for hydroxylation is 1. The minimum Gasteiger partial charge on any atom is -0.489 e. The van der Waals surface area contributed by atoms with E-state index in [-0.39, 0.29) is 25.4 Å². The highest BCUT2D eigenvalue weighted by Crippen LogP contribution is 2.39. The molecule has 12 heteroatoms. The van der Waals surface area contributed by atoms with Crippen LogP contribution in [0.1, 0.15) is 59.1 Å². The largest absolute Gasteiger partial charge is 0.489 e. The summed E-state index contributed by atoms with van der Waals surface area (Å²) in [5.41, 5.74) is 0.562. The molecule has 45 heavy (non-hydrogen) atoms. The van der Waals surface area contributed by atoms with E-state index < -0.39 is 64.0 Å². The summed E-state index contributed by atoms with van der Waals surface area (Å²) in [6.45, 7) is 10.6. The zero-order valence-electron chi connectivity index (χ0n) is 26.2. The van der Waals surface area contributed by atoms with E-state index in [1.54, 1.807) is 47.6 Å². The number of piperazine rings is 1. The smallest absolute Gasteiger partial charge is 0.411 e. The van der Waals surface area contributed by atoms with Crippen LogP contribution >= 0.6 is 11.6 Å². The van der Waals surface area contributed by atoms with E-state index in [9.17, 15) is 28.3 Å². The molecule has 0 aliphatic carbocycles. The third-order valence-electron chi connectivity index (χ3n) is 7.29. The van der Waals surface area contributed by atoms with Crippen molar-refractivity contribution in [3.05, 3.63) is 70.3 Å². The van der Waals surface area contributed by atoms with Crippen molar-refractivity contribution in [2.45, 2.75) is 77.7 Å². The number of carboxylic acid groups (broad SMARTS) is 1. The van der Waals surface area contributed by atoms with Crippen LogP contribution in [0.4, 0.5) is 18.4 Å². The number of carbonyl (C=O) groups is 3. The number of ether oxygens (including phenoxy) is 3. The first-order chi connectivity index (χ1) is 20.9. The summed E-state index contributed by atoms with van der Waals surface area (Å²) in [6, 6.07) is 7.66. The second kappa shape index (κ2) is 13.2. The second-order valence-corrected chi connectivity index (χ2v) is 13.5. The number of nitrogens with zero attached hydrogens (tertiary/aromatic N) is 2. The molecule has 2 bridgehead atoms. The minimum absolute atomic E-state index is 0.0486. The molecule has 0 spiro atoms. The number of aliphatic carboxylic acids is 1. The topological polar surface area (TPSA) is 106 Å². The Labute approximate surface area is 266 Å². The molecular formula is C33H39ClF2N2O7. The molecule has 3 unspecified atom stereocenters. The van der Waals surface area contributed by atoms with Gasteiger partial charge < -0.3 is 24.2 Å². The highest BCUT2D eigenvalue weighted by molar-refractivity contribution is 6.32. The SMILES string of the molecule is CC(C)(C)OC(=O)N1CC2C=C(c3ccc(CCCOc4c(F)ccc(F)c4Cl)cc3)C(C(=O)O)C(C1)N2C(=O)OC(C)(C)C. The second-order valence-electron chi connectivity index (χ2n) is 13.2. The molecule has 1 N–H and O–H groups in total. The van der Waals surface area contributed by atoms with Crippen LogP contribution in [-0.4, -0.2) is 76.0 Å². The zero-order valence-corrected chi connectivity index (χ0v) is 27.0. The van der Waals surface area contributed by atoms with Gasteiger partial charge in [-0.1, -0.05) is 41.9 Å². The van der Waals surface area contributed by atoms with Gasteiger partial charge in [-0.15, -0.1) is 0 Å². The number of carboxylic acids is 1. The Bertz CT molecular complexity index is 1470. The first-order valence-electron chi connectivity index (χ1n) is 14.7. The summed E-state index contributed by atoms with van der Waals surface area (Å²) in [5, 5.41) is 10.0. The number of halogens is 3. The Morgan fingerprint density at radius 1 is 0.911 bits per heavy atom. The Morgan fingerprint density at radius 3 is 2.11 bits per heavy atom. The van der Waals surface area contributed by atoms with E-state index >= 15 is 0 Å². The van der Waals surface area contributed by atoms with Crippen LogP contribution < -0.4 is 4.74 Å². The summed E-state index contributed by atoms with van der Waals surface area (Å²) < 4.78 is 44.2. The fraction of sp³-hybridized carbons (Fsp3) is 0.485. The van der Waals surface area contributed by atoms with Crippen molar-refractivity contribution in [3.63, 3.8) is 0 Å². The monoisotopic (exact) mass is 648 g/mol. The van der Waals surface area contributed by atoms with Crippen molar-refractivity contribution in [3.8, 4) is 5.75 Å². The summed E-state index contributed by atoms with van der Waals surface area (Å²) >= 11 is 5.82. The van der Waals surface area contributed by atoms with Crippen LogP contribution in [0.2, 0.25) is 5.02 Å². The highest BCUT2D eigenvalue weighted by atomic mass is 35.5. The fourth-order valence-corrected chi connectivity index (χ4v) is 5.66. The van der Waals surface area contributed by atoms with Gasteiger partial charge in [0, 0.05) is 13.1 Å². The number of hydrogen-bond acceptors (Lipinski definition) is 6. The lowest BCUT2D eigenvalue weighted by Crippen LogP contribution is -2.66. The van der Waals surface area contributed by atoms with Crippen molar-refractivity contribution < 1.29 is 42.5 Å². The number of rotatable bonds is 7. The van der Waals surface area contributed by atoms with Crippen LogP contribution in [0, 0.1) is 17.6 Å². The lowest BCUT2D eigenvalue weighted by molar-refractivity contribution is -0.143. The molecule has 0 saturated carbocycles. The third-order valence-corrected chi connectivity index (χ3v) is 7.64. The van der Waals surface area contributed by atoms with Gasteiger partial charge in [-0.3, -0.25) is 9.69 Å². The fourth-order valence-electron chi connectivity index (χ4n) is 5.45. The molecule has 2 aromatic rings. The lowest BCUT2D eigenvalue weighted by atomic mass is 9.78. The van der Waals surface area contributed by atoms with Crippen LogP contribution in [0.3, 0.4) is 0 Å². The van der Waals surface area contributed by atoms with E-state index in [1.807, 2.05) is 24.3 Å². The van der Waals surface area contributed by atoms with Crippen LogP contribution in [0.15, 0.2) is 42.5 Å². The number of hydrogen-bond donors (Lipinski definition) is 1. The van der Waals surface area contributed by atoms with Crippen molar-refractivity contribution in [2.75, 3.05) is 19.7 Å². The van der Waals surface area contributed by atoms with Gasteiger partial charge in [-0.2, -0.15) is 0 Å². The summed E-state index contributed by atoms with van der Waals surface area (Å²) in [5.74, 6) is -4.13. The normalized spacial score (nSPS) is 19.9. The molecule has 4 rings (SSSR count). The lowest BCUT2D eigenvalue weighted by Gasteiger charge is -2.50. The maximum atomic E-state index is 14.0. The van der Waals surface area contributed by atoms with Crippen molar-refractivity contribution in [1.82, 2.24) is 9.80 Å². The van der Waals surface area contributed by atoms with Crippen molar-refractivity contribution in [1.29, 1.82) is 0 Å². The van der Waals surface area contributed by atoms with Crippen LogP contribution in [-0.2, 0) is 20.7 Å². The molecule has 1 fully saturated rings. The van der Waals surface area contributed by atoms with E-state index in [4.69, 9.17) is 25.8 Å². The molecular weight excluding hydrogens is 610 g/mol. The molecule has 2 aromatic carbocycles. The summed E-state index contributed by atoms with van der Waals surface area (Å²) in [7, 11) is 0. The maximum absolute atomic E-state index is 14.0. The number of carbonyl (C=O) groups excluding carboxylic acids is 2. The van der Waals surface area contributed by atoms with Crippen LogP contribution in [0.25, 0.3) is 5.57 Å². The van der Waals surface area contributed by atoms with Gasteiger partial charge in [0.15, 0.2) is 11.6 Å². The van der Waals surface area contributed by atoms with Gasteiger partial charge in [0.25, 0.3) is 0 Å². The van der Waals surface area contributed by atoms with Gasteiger partial charge in [0.2, 0.25) is 0 Å². The van der Waals surface area contributed by atoms with Gasteiger partial charge in [-0.25, -0.2) is 18.4 Å². The molecule has 0 aromatic heterocycles. The number of fused-ring (bicyclic) bond motifs is 2. The van der Waals surface area contributed by atoms with Gasteiger partial charge in [0.05, 0.1) is 18.7 Å². The van der Waals surface area contributed by atoms with Gasteiger partial charge >= 0.3 is 18.2 Å². The van der Waals surface area contributed by atoms with Crippen molar-refractivity contribution >= 4 is 35.3 Å². The molecule has 2 heterocycles. The van der Waals surface area contributed by atoms with E-state index in [0.29, 0.717) is 24.0 Å². The predicted molar refractivity (Wildman–Crippen MR) is 164 cm³/mol. The Balaban J connectivity index is 1.55. The molecule has 2 aliphatic rings. The molecule has 9 nitrogen and oxygen atoms in total.